The molecule has 3 rings (SSSR count). The smallest absolute Gasteiger partial charge is 0.157 e. The number of rotatable bonds is 3. The molecule has 2 heterocycles. The highest BCUT2D eigenvalue weighted by atomic mass is 15.2. The van der Waals surface area contributed by atoms with Gasteiger partial charge in [0.05, 0.1) is 6.20 Å². The summed E-state index contributed by atoms with van der Waals surface area (Å²) >= 11 is 0. The highest BCUT2D eigenvalue weighted by Crippen LogP contribution is 2.28. The topological polar surface area (TPSA) is 42.2 Å². The number of aromatic nitrogens is 3. The van der Waals surface area contributed by atoms with Gasteiger partial charge in [-0.3, -0.25) is 0 Å². The molecule has 4 nitrogen and oxygen atoms in total. The van der Waals surface area contributed by atoms with Gasteiger partial charge in [-0.1, -0.05) is 0 Å². The highest BCUT2D eigenvalue weighted by Gasteiger charge is 2.20. The van der Waals surface area contributed by atoms with Crippen molar-refractivity contribution in [1.82, 2.24) is 14.6 Å². The third-order valence-electron chi connectivity index (χ3n) is 2.53. The largest absolute Gasteiger partial charge is 0.370 e. The molecule has 0 bridgehead atoms. The zero-order valence-electron chi connectivity index (χ0n) is 7.85. The van der Waals surface area contributed by atoms with Crippen LogP contribution in [-0.2, 0) is 0 Å². The Morgan fingerprint density at radius 3 is 3.21 bits per heavy atom. The molecular weight excluding hydrogens is 176 g/mol. The number of hydrogen-bond donors (Lipinski definition) is 1. The van der Waals surface area contributed by atoms with Gasteiger partial charge in [-0.05, 0) is 24.8 Å². The number of nitrogens with one attached hydrogen (secondary N) is 1. The van der Waals surface area contributed by atoms with Crippen molar-refractivity contribution in [2.75, 3.05) is 11.9 Å². The fourth-order valence-electron chi connectivity index (χ4n) is 1.48. The molecule has 4 heteroatoms. The average molecular weight is 188 g/mol. The van der Waals surface area contributed by atoms with Crippen LogP contribution in [0, 0.1) is 5.92 Å². The molecule has 1 aliphatic rings. The van der Waals surface area contributed by atoms with Gasteiger partial charge >= 0.3 is 0 Å². The second-order valence-corrected chi connectivity index (χ2v) is 3.77. The molecule has 72 valence electrons. The highest BCUT2D eigenvalue weighted by molar-refractivity contribution is 5.45. The quantitative estimate of drug-likeness (QED) is 0.794. The summed E-state index contributed by atoms with van der Waals surface area (Å²) < 4.78 is 1.77. The summed E-state index contributed by atoms with van der Waals surface area (Å²) in [6, 6.07) is 3.87. The predicted octanol–water partition coefficient (Wildman–Crippen LogP) is 1.55. The summed E-state index contributed by atoms with van der Waals surface area (Å²) in [5.41, 5.74) is 0.894. The average Bonchev–Trinajstić information content (AvgIpc) is 2.92. The van der Waals surface area contributed by atoms with E-state index in [-0.39, 0.29) is 0 Å². The molecule has 1 N–H and O–H groups in total. The van der Waals surface area contributed by atoms with Crippen LogP contribution in [0.1, 0.15) is 12.8 Å². The third kappa shape index (κ3) is 1.43. The van der Waals surface area contributed by atoms with Crippen LogP contribution in [0.2, 0.25) is 0 Å². The van der Waals surface area contributed by atoms with E-state index in [4.69, 9.17) is 0 Å². The Morgan fingerprint density at radius 2 is 2.36 bits per heavy atom. The first-order valence-corrected chi connectivity index (χ1v) is 4.96. The van der Waals surface area contributed by atoms with E-state index in [9.17, 15) is 0 Å². The van der Waals surface area contributed by atoms with Gasteiger partial charge < -0.3 is 5.32 Å². The van der Waals surface area contributed by atoms with Crippen molar-refractivity contribution < 1.29 is 0 Å². The van der Waals surface area contributed by atoms with E-state index < -0.39 is 0 Å². The van der Waals surface area contributed by atoms with Gasteiger partial charge in [-0.15, -0.1) is 0 Å². The second kappa shape index (κ2) is 2.97. The molecular formula is C10H12N4. The van der Waals surface area contributed by atoms with Crippen LogP contribution in [-0.4, -0.2) is 21.1 Å². The minimum Gasteiger partial charge on any atom is -0.370 e. The minimum atomic E-state index is 0.873. The first-order valence-electron chi connectivity index (χ1n) is 4.96. The maximum atomic E-state index is 4.42. The predicted molar refractivity (Wildman–Crippen MR) is 54.2 cm³/mol. The van der Waals surface area contributed by atoms with Crippen molar-refractivity contribution in [3.8, 4) is 0 Å². The van der Waals surface area contributed by atoms with Crippen LogP contribution in [0.5, 0.6) is 0 Å². The number of anilines is 1. The second-order valence-electron chi connectivity index (χ2n) is 3.77. The third-order valence-corrected chi connectivity index (χ3v) is 2.53. The molecule has 0 unspecified atom stereocenters. The Morgan fingerprint density at radius 1 is 1.43 bits per heavy atom. The maximum Gasteiger partial charge on any atom is 0.157 e. The molecule has 1 aliphatic carbocycles. The van der Waals surface area contributed by atoms with Crippen molar-refractivity contribution in [1.29, 1.82) is 0 Å². The number of nitrogens with zero attached hydrogens (tertiary/aromatic N) is 3. The molecule has 0 atom stereocenters. The van der Waals surface area contributed by atoms with E-state index in [1.165, 1.54) is 12.8 Å². The maximum absolute atomic E-state index is 4.42. The van der Waals surface area contributed by atoms with E-state index >= 15 is 0 Å². The summed E-state index contributed by atoms with van der Waals surface area (Å²) in [5.74, 6) is 1.82. The Bertz CT molecular complexity index is 444. The number of hydrogen-bond acceptors (Lipinski definition) is 3. The van der Waals surface area contributed by atoms with Crippen molar-refractivity contribution in [3.05, 3.63) is 24.5 Å². The van der Waals surface area contributed by atoms with Gasteiger partial charge in [0.2, 0.25) is 0 Å². The molecule has 1 fully saturated rings. The molecule has 0 amide bonds. The Balaban J connectivity index is 1.81. The molecule has 1 saturated carbocycles. The van der Waals surface area contributed by atoms with Crippen molar-refractivity contribution in [2.45, 2.75) is 12.8 Å². The summed E-state index contributed by atoms with van der Waals surface area (Å²) in [7, 11) is 0. The molecule has 2 aromatic heterocycles. The molecule has 2 aromatic rings. The summed E-state index contributed by atoms with van der Waals surface area (Å²) in [5, 5.41) is 7.43. The lowest BCUT2D eigenvalue weighted by molar-refractivity contribution is 0.877. The van der Waals surface area contributed by atoms with Gasteiger partial charge in [0.25, 0.3) is 0 Å². The van der Waals surface area contributed by atoms with Crippen molar-refractivity contribution in [2.24, 2.45) is 5.92 Å². The van der Waals surface area contributed by atoms with Gasteiger partial charge in [0, 0.05) is 18.8 Å². The lowest BCUT2D eigenvalue weighted by Crippen LogP contribution is -2.05. The zero-order chi connectivity index (χ0) is 9.38. The van der Waals surface area contributed by atoms with Gasteiger partial charge in [0.15, 0.2) is 5.65 Å². The standard InChI is InChI=1S/C10H12N4/c1-2-8(1)7-11-9-4-6-14-10(13-9)3-5-12-14/h3-6,8H,1-2,7H2,(H,11,13). The Kier molecular flexibility index (Phi) is 1.65. The Labute approximate surface area is 82.0 Å². The van der Waals surface area contributed by atoms with Gasteiger partial charge in [-0.25, -0.2) is 9.50 Å². The van der Waals surface area contributed by atoms with Crippen LogP contribution in [0.4, 0.5) is 5.82 Å². The number of fused-ring (bicyclic) bond motifs is 1. The Hall–Kier alpha value is -1.58. The van der Waals surface area contributed by atoms with E-state index in [0.29, 0.717) is 0 Å². The fourth-order valence-corrected chi connectivity index (χ4v) is 1.48. The van der Waals surface area contributed by atoms with Crippen LogP contribution in [0.15, 0.2) is 24.5 Å². The molecule has 0 aromatic carbocycles. The zero-order valence-corrected chi connectivity index (χ0v) is 7.85. The molecule has 0 radical (unpaired) electrons. The van der Waals surface area contributed by atoms with Crippen LogP contribution in [0.25, 0.3) is 5.65 Å². The normalized spacial score (nSPS) is 16.0. The van der Waals surface area contributed by atoms with E-state index in [1.54, 1.807) is 10.7 Å². The summed E-state index contributed by atoms with van der Waals surface area (Å²) in [4.78, 5) is 4.42. The summed E-state index contributed by atoms with van der Waals surface area (Å²) in [6.45, 7) is 1.05. The van der Waals surface area contributed by atoms with Gasteiger partial charge in [0.1, 0.15) is 5.82 Å². The van der Waals surface area contributed by atoms with E-state index in [0.717, 1.165) is 23.9 Å². The monoisotopic (exact) mass is 188 g/mol. The van der Waals surface area contributed by atoms with Crippen molar-refractivity contribution in [3.63, 3.8) is 0 Å². The van der Waals surface area contributed by atoms with Gasteiger partial charge in [-0.2, -0.15) is 5.10 Å². The first-order chi connectivity index (χ1) is 6.92. The fraction of sp³-hybridized carbons (Fsp3) is 0.400. The van der Waals surface area contributed by atoms with Crippen LogP contribution >= 0.6 is 0 Å². The first kappa shape index (κ1) is 7.79. The lowest BCUT2D eigenvalue weighted by Gasteiger charge is -2.03. The lowest BCUT2D eigenvalue weighted by atomic mass is 10.4. The molecule has 0 aliphatic heterocycles. The van der Waals surface area contributed by atoms with Crippen molar-refractivity contribution >= 4 is 11.5 Å². The van der Waals surface area contributed by atoms with E-state index in [2.05, 4.69) is 15.4 Å². The van der Waals surface area contributed by atoms with E-state index in [1.807, 2.05) is 18.3 Å². The van der Waals surface area contributed by atoms with Crippen LogP contribution in [0.3, 0.4) is 0 Å². The molecule has 0 saturated heterocycles. The molecule has 14 heavy (non-hydrogen) atoms. The SMILES string of the molecule is c1cc2nc(NCC3CC3)ccn2n1. The molecule has 0 spiro atoms. The minimum absolute atomic E-state index is 0.873. The summed E-state index contributed by atoms with van der Waals surface area (Å²) in [6.07, 6.45) is 6.41. The van der Waals surface area contributed by atoms with Crippen LogP contribution < -0.4 is 5.32 Å².